The maximum Gasteiger partial charge on any atom is 0.248 e. The van der Waals surface area contributed by atoms with E-state index >= 15 is 0 Å². The lowest BCUT2D eigenvalue weighted by molar-refractivity contribution is -0.156. The Morgan fingerprint density at radius 2 is 1.67 bits per heavy atom. The second-order valence-electron chi connectivity index (χ2n) is 6.15. The summed E-state index contributed by atoms with van der Waals surface area (Å²) in [6.07, 6.45) is 6.93. The second kappa shape index (κ2) is 4.90. The molecular formula is C14H24N2O2. The molecule has 0 aromatic carbocycles. The van der Waals surface area contributed by atoms with E-state index in [9.17, 15) is 9.59 Å². The van der Waals surface area contributed by atoms with Gasteiger partial charge in [-0.1, -0.05) is 25.7 Å². The van der Waals surface area contributed by atoms with E-state index in [1.165, 1.54) is 25.7 Å². The topological polar surface area (TPSA) is 49.4 Å². The van der Waals surface area contributed by atoms with Gasteiger partial charge in [0.15, 0.2) is 0 Å². The first kappa shape index (κ1) is 13.4. The van der Waals surface area contributed by atoms with E-state index in [1.54, 1.807) is 13.8 Å². The zero-order chi connectivity index (χ0) is 13.3. The molecule has 1 unspecified atom stereocenters. The molecule has 0 radical (unpaired) electrons. The summed E-state index contributed by atoms with van der Waals surface area (Å²) in [6.45, 7) is 5.43. The van der Waals surface area contributed by atoms with Crippen LogP contribution < -0.4 is 5.32 Å². The van der Waals surface area contributed by atoms with E-state index in [4.69, 9.17) is 0 Å². The average molecular weight is 252 g/mol. The molecule has 1 aliphatic heterocycles. The molecule has 1 aliphatic carbocycles. The highest BCUT2D eigenvalue weighted by Gasteiger charge is 2.45. The molecule has 2 fully saturated rings. The first-order valence-corrected chi connectivity index (χ1v) is 7.08. The van der Waals surface area contributed by atoms with Gasteiger partial charge >= 0.3 is 0 Å². The number of amides is 2. The molecule has 1 saturated carbocycles. The molecule has 1 heterocycles. The van der Waals surface area contributed by atoms with Gasteiger partial charge in [0.1, 0.15) is 11.6 Å². The number of carbonyl (C=O) groups excluding carboxylic acids is 2. The summed E-state index contributed by atoms with van der Waals surface area (Å²) in [6, 6.07) is -0.0750. The molecule has 2 rings (SSSR count). The van der Waals surface area contributed by atoms with Crippen molar-refractivity contribution in [1.29, 1.82) is 0 Å². The molecule has 4 heteroatoms. The highest BCUT2D eigenvalue weighted by atomic mass is 16.2. The van der Waals surface area contributed by atoms with Crippen LogP contribution in [0.5, 0.6) is 0 Å². The normalized spacial score (nSPS) is 29.9. The zero-order valence-electron chi connectivity index (χ0n) is 11.7. The van der Waals surface area contributed by atoms with Crippen molar-refractivity contribution >= 4 is 11.8 Å². The Bertz CT molecular complexity index is 344. The van der Waals surface area contributed by atoms with E-state index in [0.29, 0.717) is 0 Å². The first-order chi connectivity index (χ1) is 8.43. The summed E-state index contributed by atoms with van der Waals surface area (Å²) in [5, 5.41) is 2.81. The van der Waals surface area contributed by atoms with Crippen LogP contribution in [-0.4, -0.2) is 34.3 Å². The molecule has 2 aliphatic rings. The molecule has 102 valence electrons. The van der Waals surface area contributed by atoms with Crippen molar-refractivity contribution in [3.05, 3.63) is 0 Å². The molecule has 2 amide bonds. The van der Waals surface area contributed by atoms with Crippen molar-refractivity contribution in [2.45, 2.75) is 76.9 Å². The SMILES string of the molecule is CC1C(=O)NC(C)(C)C(=O)N1C1CCCCCC1. The number of piperazine rings is 1. The molecule has 1 atom stereocenters. The molecule has 0 bridgehead atoms. The van der Waals surface area contributed by atoms with Gasteiger partial charge in [-0.15, -0.1) is 0 Å². The summed E-state index contributed by atoms with van der Waals surface area (Å²) < 4.78 is 0. The van der Waals surface area contributed by atoms with Crippen LogP contribution >= 0.6 is 0 Å². The fourth-order valence-corrected chi connectivity index (χ4v) is 3.11. The number of hydrogen-bond donors (Lipinski definition) is 1. The van der Waals surface area contributed by atoms with Crippen molar-refractivity contribution in [2.24, 2.45) is 0 Å². The Morgan fingerprint density at radius 3 is 2.22 bits per heavy atom. The van der Waals surface area contributed by atoms with E-state index in [1.807, 2.05) is 11.8 Å². The monoisotopic (exact) mass is 252 g/mol. The maximum absolute atomic E-state index is 12.5. The smallest absolute Gasteiger partial charge is 0.248 e. The summed E-state index contributed by atoms with van der Waals surface area (Å²) in [5.74, 6) is 0.0466. The van der Waals surface area contributed by atoms with Crippen LogP contribution in [0.2, 0.25) is 0 Å². The minimum atomic E-state index is -0.754. The Balaban J connectivity index is 2.21. The summed E-state index contributed by atoms with van der Waals surface area (Å²) in [7, 11) is 0. The molecule has 0 aromatic heterocycles. The quantitative estimate of drug-likeness (QED) is 0.724. The van der Waals surface area contributed by atoms with Gasteiger partial charge in [-0.25, -0.2) is 0 Å². The van der Waals surface area contributed by atoms with Gasteiger partial charge in [0.2, 0.25) is 11.8 Å². The lowest BCUT2D eigenvalue weighted by Gasteiger charge is -2.45. The maximum atomic E-state index is 12.5. The van der Waals surface area contributed by atoms with Crippen molar-refractivity contribution in [3.8, 4) is 0 Å². The van der Waals surface area contributed by atoms with Gasteiger partial charge < -0.3 is 10.2 Å². The molecule has 0 spiro atoms. The van der Waals surface area contributed by atoms with Crippen LogP contribution in [0.15, 0.2) is 0 Å². The summed E-state index contributed by atoms with van der Waals surface area (Å²) >= 11 is 0. The standard InChI is InChI=1S/C14H24N2O2/c1-10-12(17)15-14(2,3)13(18)16(10)11-8-6-4-5-7-9-11/h10-11H,4-9H2,1-3H3,(H,15,17). The molecule has 1 N–H and O–H groups in total. The number of hydrogen-bond acceptors (Lipinski definition) is 2. The second-order valence-corrected chi connectivity index (χ2v) is 6.15. The van der Waals surface area contributed by atoms with Gasteiger partial charge in [-0.2, -0.15) is 0 Å². The van der Waals surface area contributed by atoms with Crippen molar-refractivity contribution in [2.75, 3.05) is 0 Å². The number of carbonyl (C=O) groups is 2. The molecule has 4 nitrogen and oxygen atoms in total. The van der Waals surface area contributed by atoms with Crippen LogP contribution in [0, 0.1) is 0 Å². The minimum Gasteiger partial charge on any atom is -0.340 e. The fourth-order valence-electron chi connectivity index (χ4n) is 3.11. The van der Waals surface area contributed by atoms with E-state index < -0.39 is 5.54 Å². The van der Waals surface area contributed by atoms with Gasteiger partial charge in [-0.3, -0.25) is 9.59 Å². The molecule has 0 aromatic rings. The van der Waals surface area contributed by atoms with Crippen LogP contribution in [0.4, 0.5) is 0 Å². The average Bonchev–Trinajstić information content (AvgIpc) is 2.56. The van der Waals surface area contributed by atoms with Crippen LogP contribution in [-0.2, 0) is 9.59 Å². The van der Waals surface area contributed by atoms with E-state index in [2.05, 4.69) is 5.32 Å². The van der Waals surface area contributed by atoms with Gasteiger partial charge in [0.05, 0.1) is 0 Å². The Labute approximate surface area is 109 Å². The predicted molar refractivity (Wildman–Crippen MR) is 70.0 cm³/mol. The zero-order valence-corrected chi connectivity index (χ0v) is 11.7. The molecule has 18 heavy (non-hydrogen) atoms. The number of nitrogens with zero attached hydrogens (tertiary/aromatic N) is 1. The van der Waals surface area contributed by atoms with Gasteiger partial charge in [-0.05, 0) is 33.6 Å². The third kappa shape index (κ3) is 2.38. The van der Waals surface area contributed by atoms with Gasteiger partial charge in [0.25, 0.3) is 0 Å². The van der Waals surface area contributed by atoms with Crippen LogP contribution in [0.25, 0.3) is 0 Å². The van der Waals surface area contributed by atoms with Crippen molar-refractivity contribution in [1.82, 2.24) is 10.2 Å². The Morgan fingerprint density at radius 1 is 1.11 bits per heavy atom. The van der Waals surface area contributed by atoms with E-state index in [-0.39, 0.29) is 23.9 Å². The number of nitrogens with one attached hydrogen (secondary N) is 1. The van der Waals surface area contributed by atoms with Crippen molar-refractivity contribution < 1.29 is 9.59 Å². The molecular weight excluding hydrogens is 228 g/mol. The largest absolute Gasteiger partial charge is 0.340 e. The predicted octanol–water partition coefficient (Wildman–Crippen LogP) is 1.83. The minimum absolute atomic E-state index is 0.0242. The highest BCUT2D eigenvalue weighted by Crippen LogP contribution is 2.28. The van der Waals surface area contributed by atoms with E-state index in [0.717, 1.165) is 12.8 Å². The lowest BCUT2D eigenvalue weighted by atomic mass is 9.93. The third-order valence-corrected chi connectivity index (χ3v) is 4.22. The number of rotatable bonds is 1. The Kier molecular flexibility index (Phi) is 3.64. The van der Waals surface area contributed by atoms with Gasteiger partial charge in [0, 0.05) is 6.04 Å². The molecule has 1 saturated heterocycles. The Hall–Kier alpha value is -1.06. The lowest BCUT2D eigenvalue weighted by Crippen LogP contribution is -2.69. The van der Waals surface area contributed by atoms with Crippen LogP contribution in [0.3, 0.4) is 0 Å². The highest BCUT2D eigenvalue weighted by molar-refractivity contribution is 5.99. The first-order valence-electron chi connectivity index (χ1n) is 7.08. The third-order valence-electron chi connectivity index (χ3n) is 4.22. The van der Waals surface area contributed by atoms with Crippen molar-refractivity contribution in [3.63, 3.8) is 0 Å². The van der Waals surface area contributed by atoms with Crippen LogP contribution in [0.1, 0.15) is 59.3 Å². The fraction of sp³-hybridized carbons (Fsp3) is 0.857. The summed E-state index contributed by atoms with van der Waals surface area (Å²) in [5.41, 5.74) is -0.754. The summed E-state index contributed by atoms with van der Waals surface area (Å²) in [4.78, 5) is 26.4.